The number of nitrogens with two attached hydrogens (primary N) is 1. The fraction of sp³-hybridized carbons (Fsp3) is 0.133. The van der Waals surface area contributed by atoms with Gasteiger partial charge in [-0.25, -0.2) is 9.97 Å². The number of nitrogens with zero attached hydrogens (tertiary/aromatic N) is 3. The van der Waals surface area contributed by atoms with E-state index in [1.165, 1.54) is 6.33 Å². The summed E-state index contributed by atoms with van der Waals surface area (Å²) in [5, 5.41) is 2.92. The van der Waals surface area contributed by atoms with Crippen LogP contribution in [0.4, 0.5) is 11.5 Å². The first-order chi connectivity index (χ1) is 10.7. The van der Waals surface area contributed by atoms with E-state index in [0.717, 1.165) is 21.7 Å². The summed E-state index contributed by atoms with van der Waals surface area (Å²) in [4.78, 5) is 23.1. The number of thiophene rings is 1. The molecule has 7 heteroatoms. The number of anilines is 2. The van der Waals surface area contributed by atoms with E-state index < -0.39 is 12.0 Å². The Kier molecular flexibility index (Phi) is 2.93. The molecular formula is C15H12N4O2S. The number of carbonyl (C=O) groups is 1. The van der Waals surface area contributed by atoms with Gasteiger partial charge in [-0.15, -0.1) is 11.3 Å². The molecule has 2 N–H and O–H groups in total. The lowest BCUT2D eigenvalue weighted by Crippen LogP contribution is -2.45. The molecule has 4 rings (SSSR count). The van der Waals surface area contributed by atoms with Crippen LogP contribution in [0.1, 0.15) is 0 Å². The van der Waals surface area contributed by atoms with Crippen LogP contribution in [0, 0.1) is 0 Å². The molecule has 2 aromatic heterocycles. The molecule has 0 spiro atoms. The molecule has 1 aromatic carbocycles. The predicted octanol–water partition coefficient (Wildman–Crippen LogP) is 2.08. The minimum absolute atomic E-state index is 0.328. The Labute approximate surface area is 130 Å². The van der Waals surface area contributed by atoms with E-state index in [0.29, 0.717) is 12.3 Å². The highest BCUT2D eigenvalue weighted by Crippen LogP contribution is 2.39. The number of aromatic nitrogens is 2. The van der Waals surface area contributed by atoms with Crippen molar-refractivity contribution in [3.05, 3.63) is 42.0 Å². The van der Waals surface area contributed by atoms with E-state index in [9.17, 15) is 4.79 Å². The second kappa shape index (κ2) is 4.96. The summed E-state index contributed by atoms with van der Waals surface area (Å²) in [7, 11) is 0. The SMILES string of the molecule is NC(=O)[C@@H]1CN(c2ncnc3sccc23)c2ccccc2O1. The maximum atomic E-state index is 11.6. The van der Waals surface area contributed by atoms with Gasteiger partial charge < -0.3 is 15.4 Å². The lowest BCUT2D eigenvalue weighted by atomic mass is 10.1. The molecule has 0 bridgehead atoms. The minimum Gasteiger partial charge on any atom is -0.477 e. The molecule has 1 amide bonds. The highest BCUT2D eigenvalue weighted by molar-refractivity contribution is 7.16. The average Bonchev–Trinajstić information content (AvgIpc) is 3.02. The zero-order valence-electron chi connectivity index (χ0n) is 11.5. The molecule has 0 aliphatic carbocycles. The van der Waals surface area contributed by atoms with E-state index in [1.807, 2.05) is 40.6 Å². The molecule has 3 heterocycles. The number of hydrogen-bond donors (Lipinski definition) is 1. The van der Waals surface area contributed by atoms with Crippen molar-refractivity contribution in [3.8, 4) is 5.75 Å². The highest BCUT2D eigenvalue weighted by Gasteiger charge is 2.31. The fourth-order valence-corrected chi connectivity index (χ4v) is 3.30. The predicted molar refractivity (Wildman–Crippen MR) is 84.5 cm³/mol. The lowest BCUT2D eigenvalue weighted by Gasteiger charge is -2.34. The third kappa shape index (κ3) is 1.98. The van der Waals surface area contributed by atoms with Crippen molar-refractivity contribution in [2.24, 2.45) is 5.73 Å². The Hall–Kier alpha value is -2.67. The normalized spacial score (nSPS) is 17.1. The van der Waals surface area contributed by atoms with Crippen LogP contribution in [0.15, 0.2) is 42.0 Å². The number of hydrogen-bond acceptors (Lipinski definition) is 6. The maximum absolute atomic E-state index is 11.6. The minimum atomic E-state index is -0.710. The van der Waals surface area contributed by atoms with Gasteiger partial charge >= 0.3 is 0 Å². The summed E-state index contributed by atoms with van der Waals surface area (Å²) in [5.74, 6) is 0.892. The number of primary amides is 1. The van der Waals surface area contributed by atoms with Gasteiger partial charge in [0.2, 0.25) is 0 Å². The molecular weight excluding hydrogens is 300 g/mol. The van der Waals surface area contributed by atoms with Crippen molar-refractivity contribution < 1.29 is 9.53 Å². The number of fused-ring (bicyclic) bond motifs is 2. The summed E-state index contributed by atoms with van der Waals surface area (Å²) in [6.45, 7) is 0.328. The maximum Gasteiger partial charge on any atom is 0.260 e. The Bertz CT molecular complexity index is 863. The standard InChI is InChI=1S/C15H12N4O2S/c16-13(20)12-7-19(10-3-1-2-4-11(10)21-12)14-9-5-6-22-15(9)18-8-17-14/h1-6,8,12H,7H2,(H2,16,20)/t12-/m0/s1. The first kappa shape index (κ1) is 13.0. The third-order valence-electron chi connectivity index (χ3n) is 3.59. The van der Waals surface area contributed by atoms with Crippen LogP contribution in [0.5, 0.6) is 5.75 Å². The molecule has 0 saturated carbocycles. The third-order valence-corrected chi connectivity index (χ3v) is 4.41. The summed E-state index contributed by atoms with van der Waals surface area (Å²) in [6, 6.07) is 9.52. The molecule has 0 unspecified atom stereocenters. The van der Waals surface area contributed by atoms with Crippen molar-refractivity contribution in [1.82, 2.24) is 9.97 Å². The van der Waals surface area contributed by atoms with Gasteiger partial charge in [0.15, 0.2) is 6.10 Å². The summed E-state index contributed by atoms with van der Waals surface area (Å²) in [6.07, 6.45) is 0.824. The largest absolute Gasteiger partial charge is 0.477 e. The van der Waals surface area contributed by atoms with Gasteiger partial charge in [-0.2, -0.15) is 0 Å². The van der Waals surface area contributed by atoms with Crippen molar-refractivity contribution in [2.75, 3.05) is 11.4 Å². The van der Waals surface area contributed by atoms with Crippen molar-refractivity contribution in [1.29, 1.82) is 0 Å². The number of para-hydroxylation sites is 2. The van der Waals surface area contributed by atoms with Gasteiger partial charge in [-0.1, -0.05) is 12.1 Å². The Morgan fingerprint density at radius 3 is 3.05 bits per heavy atom. The Morgan fingerprint density at radius 2 is 2.18 bits per heavy atom. The van der Waals surface area contributed by atoms with Crippen LogP contribution in [0.3, 0.4) is 0 Å². The first-order valence-electron chi connectivity index (χ1n) is 6.75. The molecule has 3 aromatic rings. The number of rotatable bonds is 2. The molecule has 22 heavy (non-hydrogen) atoms. The number of carbonyl (C=O) groups excluding carboxylic acids is 1. The van der Waals surface area contributed by atoms with Gasteiger partial charge in [0.05, 0.1) is 17.6 Å². The second-order valence-corrected chi connectivity index (χ2v) is 5.82. The lowest BCUT2D eigenvalue weighted by molar-refractivity contribution is -0.124. The Balaban J connectivity index is 1.89. The molecule has 1 aliphatic heterocycles. The summed E-state index contributed by atoms with van der Waals surface area (Å²) >= 11 is 1.55. The van der Waals surface area contributed by atoms with Crippen LogP contribution in [0.2, 0.25) is 0 Å². The second-order valence-electron chi connectivity index (χ2n) is 4.92. The van der Waals surface area contributed by atoms with Crippen LogP contribution in [-0.4, -0.2) is 28.5 Å². The molecule has 0 saturated heterocycles. The number of amides is 1. The van der Waals surface area contributed by atoms with Gasteiger partial charge in [0.25, 0.3) is 5.91 Å². The molecule has 6 nitrogen and oxygen atoms in total. The first-order valence-corrected chi connectivity index (χ1v) is 7.63. The van der Waals surface area contributed by atoms with Crippen molar-refractivity contribution in [2.45, 2.75) is 6.10 Å². The molecule has 1 aliphatic rings. The summed E-state index contributed by atoms with van der Waals surface area (Å²) < 4.78 is 5.68. The topological polar surface area (TPSA) is 81.3 Å². The highest BCUT2D eigenvalue weighted by atomic mass is 32.1. The smallest absolute Gasteiger partial charge is 0.260 e. The van der Waals surface area contributed by atoms with E-state index in [2.05, 4.69) is 9.97 Å². The number of benzene rings is 1. The van der Waals surface area contributed by atoms with Crippen LogP contribution in [0.25, 0.3) is 10.2 Å². The van der Waals surface area contributed by atoms with Gasteiger partial charge in [-0.3, -0.25) is 4.79 Å². The molecule has 0 fully saturated rings. The van der Waals surface area contributed by atoms with Crippen molar-refractivity contribution >= 4 is 39.0 Å². The quantitative estimate of drug-likeness (QED) is 0.783. The monoisotopic (exact) mass is 312 g/mol. The van der Waals surface area contributed by atoms with Crippen LogP contribution >= 0.6 is 11.3 Å². The fourth-order valence-electron chi connectivity index (χ4n) is 2.58. The van der Waals surface area contributed by atoms with Gasteiger partial charge in [0, 0.05) is 0 Å². The van der Waals surface area contributed by atoms with Crippen molar-refractivity contribution in [3.63, 3.8) is 0 Å². The molecule has 110 valence electrons. The summed E-state index contributed by atoms with van der Waals surface area (Å²) in [5.41, 5.74) is 6.30. The van der Waals surface area contributed by atoms with Crippen LogP contribution in [-0.2, 0) is 4.79 Å². The zero-order valence-corrected chi connectivity index (χ0v) is 12.3. The molecule has 1 atom stereocenters. The van der Waals surface area contributed by atoms with E-state index in [4.69, 9.17) is 10.5 Å². The van der Waals surface area contributed by atoms with Gasteiger partial charge in [0.1, 0.15) is 22.7 Å². The average molecular weight is 312 g/mol. The van der Waals surface area contributed by atoms with E-state index >= 15 is 0 Å². The number of ether oxygens (including phenoxy) is 1. The Morgan fingerprint density at radius 1 is 1.32 bits per heavy atom. The van der Waals surface area contributed by atoms with Crippen LogP contribution < -0.4 is 15.4 Å². The zero-order chi connectivity index (χ0) is 15.1. The van der Waals surface area contributed by atoms with Gasteiger partial charge in [-0.05, 0) is 23.6 Å². The van der Waals surface area contributed by atoms with E-state index in [-0.39, 0.29) is 0 Å². The molecule has 0 radical (unpaired) electrons. The van der Waals surface area contributed by atoms with E-state index in [1.54, 1.807) is 11.3 Å².